The second-order valence-electron chi connectivity index (χ2n) is 13.7. The molecule has 0 aliphatic heterocycles. The number of rotatable bonds is 14. The highest BCUT2D eigenvalue weighted by molar-refractivity contribution is 5.94. The summed E-state index contributed by atoms with van der Waals surface area (Å²) in [5, 5.41) is 5.43. The van der Waals surface area contributed by atoms with Gasteiger partial charge in [0, 0.05) is 24.4 Å². The summed E-state index contributed by atoms with van der Waals surface area (Å²) in [6.07, 6.45) is 4.91. The predicted molar refractivity (Wildman–Crippen MR) is 183 cm³/mol. The van der Waals surface area contributed by atoms with E-state index in [4.69, 9.17) is 21.6 Å². The molecule has 0 aliphatic rings. The molecule has 260 valence electrons. The Balaban J connectivity index is 2.67. The molecular formula is C37H50N4O7. The lowest BCUT2D eigenvalue weighted by Crippen LogP contribution is -2.57. The Kier molecular flexibility index (Phi) is 14.2. The molecule has 0 heterocycles. The van der Waals surface area contributed by atoms with Gasteiger partial charge in [0.15, 0.2) is 0 Å². The van der Waals surface area contributed by atoms with Crippen LogP contribution >= 0.6 is 0 Å². The second-order valence-corrected chi connectivity index (χ2v) is 13.7. The van der Waals surface area contributed by atoms with Crippen molar-refractivity contribution >= 4 is 29.8 Å². The van der Waals surface area contributed by atoms with Crippen LogP contribution in [-0.4, -0.2) is 64.0 Å². The Hall–Kier alpha value is -4.85. The molecular weight excluding hydrogens is 612 g/mol. The minimum Gasteiger partial charge on any atom is -0.458 e. The Morgan fingerprint density at radius 3 is 1.96 bits per heavy atom. The van der Waals surface area contributed by atoms with Crippen LogP contribution in [0, 0.1) is 12.3 Å². The predicted octanol–water partition coefficient (Wildman–Crippen LogP) is 4.56. The van der Waals surface area contributed by atoms with Crippen molar-refractivity contribution in [2.45, 2.75) is 116 Å². The molecule has 0 saturated carbocycles. The number of alkyl carbamates (subject to hydrolysis) is 1. The third-order valence-electron chi connectivity index (χ3n) is 7.20. The number of hydrogen-bond donors (Lipinski definition) is 3. The van der Waals surface area contributed by atoms with Gasteiger partial charge in [0.05, 0.1) is 0 Å². The summed E-state index contributed by atoms with van der Waals surface area (Å²) in [6, 6.07) is 11.5. The molecule has 4 unspecified atom stereocenters. The maximum absolute atomic E-state index is 14.5. The molecule has 4 N–H and O–H groups in total. The summed E-state index contributed by atoms with van der Waals surface area (Å²) in [6.45, 7) is 13.8. The van der Waals surface area contributed by atoms with E-state index in [1.807, 2.05) is 37.3 Å². The smallest absolute Gasteiger partial charge is 0.408 e. The van der Waals surface area contributed by atoms with Crippen LogP contribution in [0.1, 0.15) is 97.4 Å². The van der Waals surface area contributed by atoms with Crippen LogP contribution in [0.5, 0.6) is 0 Å². The number of terminal acetylenes is 1. The number of carbonyl (C=O) groups excluding carboxylic acids is 5. The fourth-order valence-corrected chi connectivity index (χ4v) is 4.84. The van der Waals surface area contributed by atoms with Gasteiger partial charge in [-0.25, -0.2) is 9.59 Å². The number of ether oxygens (including phenoxy) is 2. The number of amides is 4. The van der Waals surface area contributed by atoms with Gasteiger partial charge < -0.3 is 30.7 Å². The summed E-state index contributed by atoms with van der Waals surface area (Å²) < 4.78 is 11.1. The number of nitrogens with two attached hydrogens (primary N) is 1. The number of nitrogens with zero attached hydrogens (tertiary/aromatic N) is 1. The molecule has 11 nitrogen and oxygen atoms in total. The molecule has 48 heavy (non-hydrogen) atoms. The van der Waals surface area contributed by atoms with Gasteiger partial charge in [0.25, 0.3) is 0 Å². The fraction of sp³-hybridized carbons (Fsp3) is 0.486. The Morgan fingerprint density at radius 1 is 0.875 bits per heavy atom. The van der Waals surface area contributed by atoms with E-state index in [9.17, 15) is 24.0 Å². The molecule has 0 saturated heterocycles. The van der Waals surface area contributed by atoms with Crippen molar-refractivity contribution in [2.24, 2.45) is 5.73 Å². The fourth-order valence-electron chi connectivity index (χ4n) is 4.84. The van der Waals surface area contributed by atoms with Crippen molar-refractivity contribution in [2.75, 3.05) is 0 Å². The topological polar surface area (TPSA) is 157 Å². The number of benzene rings is 2. The van der Waals surface area contributed by atoms with Crippen molar-refractivity contribution < 1.29 is 33.4 Å². The largest absolute Gasteiger partial charge is 0.458 e. The summed E-state index contributed by atoms with van der Waals surface area (Å²) in [4.78, 5) is 68.5. The third kappa shape index (κ3) is 12.7. The van der Waals surface area contributed by atoms with Crippen LogP contribution < -0.4 is 16.4 Å². The van der Waals surface area contributed by atoms with Crippen LogP contribution in [-0.2, 0) is 35.1 Å². The average Bonchev–Trinajstić information content (AvgIpc) is 2.99. The van der Waals surface area contributed by atoms with Crippen LogP contribution in [0.2, 0.25) is 0 Å². The van der Waals surface area contributed by atoms with Crippen molar-refractivity contribution in [1.29, 1.82) is 0 Å². The van der Waals surface area contributed by atoms with Crippen LogP contribution in [0.4, 0.5) is 4.79 Å². The van der Waals surface area contributed by atoms with E-state index in [0.717, 1.165) is 5.56 Å². The summed E-state index contributed by atoms with van der Waals surface area (Å²) >= 11 is 0. The van der Waals surface area contributed by atoms with Gasteiger partial charge >= 0.3 is 12.1 Å². The van der Waals surface area contributed by atoms with E-state index in [2.05, 4.69) is 16.6 Å². The lowest BCUT2D eigenvalue weighted by Gasteiger charge is -2.38. The van der Waals surface area contributed by atoms with Crippen LogP contribution in [0.3, 0.4) is 0 Å². The van der Waals surface area contributed by atoms with Gasteiger partial charge in [-0.1, -0.05) is 55.3 Å². The van der Waals surface area contributed by atoms with E-state index in [-0.39, 0.29) is 19.3 Å². The van der Waals surface area contributed by atoms with Crippen molar-refractivity contribution in [3.05, 3.63) is 71.3 Å². The minimum absolute atomic E-state index is 0.128. The number of nitrogens with one attached hydrogen (secondary N) is 2. The summed E-state index contributed by atoms with van der Waals surface area (Å²) in [5.74, 6) is -0.0759. The first-order valence-electron chi connectivity index (χ1n) is 16.1. The van der Waals surface area contributed by atoms with Crippen LogP contribution in [0.15, 0.2) is 54.6 Å². The number of esters is 1. The SMILES string of the molecule is C#Cc1ccc(C(C(=O)NC(Cc2ccccc2)C(=O)OC(C)(C)C)N(C(=O)C(CCC(N)=O)NC(=O)OC(C)(C)C)C(C)CC)cc1. The molecule has 0 radical (unpaired) electrons. The zero-order chi connectivity index (χ0) is 36.2. The first-order chi connectivity index (χ1) is 22.3. The van der Waals surface area contributed by atoms with Gasteiger partial charge in [0.1, 0.15) is 29.3 Å². The standard InChI is InChI=1S/C37H50N4O7/c1-10-24(3)41(33(44)28(21-22-30(38)42)40-35(46)48-37(7,8)9)31(27-19-17-25(11-2)18-20-27)32(43)39-29(34(45)47-36(4,5)6)23-26-15-13-12-14-16-26/h2,12-20,24,28-29,31H,10,21-23H2,1,3-9H3,(H2,38,42)(H,39,43)(H,40,46). The van der Waals surface area contributed by atoms with E-state index >= 15 is 0 Å². The van der Waals surface area contributed by atoms with Gasteiger partial charge in [-0.05, 0) is 84.6 Å². The summed E-state index contributed by atoms with van der Waals surface area (Å²) in [7, 11) is 0. The maximum atomic E-state index is 14.5. The zero-order valence-corrected chi connectivity index (χ0v) is 29.3. The molecule has 0 aliphatic carbocycles. The molecule has 0 spiro atoms. The number of hydrogen-bond acceptors (Lipinski definition) is 7. The Labute approximate surface area is 284 Å². The van der Waals surface area contributed by atoms with Crippen molar-refractivity contribution in [3.63, 3.8) is 0 Å². The van der Waals surface area contributed by atoms with Gasteiger partial charge in [-0.15, -0.1) is 6.42 Å². The lowest BCUT2D eigenvalue weighted by molar-refractivity contribution is -0.159. The molecule has 0 aromatic heterocycles. The Bertz CT molecular complexity index is 1450. The summed E-state index contributed by atoms with van der Waals surface area (Å²) in [5.41, 5.74) is 5.47. The molecule has 0 bridgehead atoms. The number of carbonyl (C=O) groups is 5. The monoisotopic (exact) mass is 662 g/mol. The molecule has 4 amide bonds. The second kappa shape index (κ2) is 17.3. The van der Waals surface area contributed by atoms with Crippen molar-refractivity contribution in [1.82, 2.24) is 15.5 Å². The lowest BCUT2D eigenvalue weighted by atomic mass is 9.97. The highest BCUT2D eigenvalue weighted by Crippen LogP contribution is 2.28. The maximum Gasteiger partial charge on any atom is 0.408 e. The van der Waals surface area contributed by atoms with E-state index in [1.165, 1.54) is 4.90 Å². The molecule has 0 fully saturated rings. The zero-order valence-electron chi connectivity index (χ0n) is 29.3. The van der Waals surface area contributed by atoms with E-state index < -0.39 is 65.2 Å². The Morgan fingerprint density at radius 2 is 1.46 bits per heavy atom. The first kappa shape index (κ1) is 39.3. The quantitative estimate of drug-likeness (QED) is 0.198. The third-order valence-corrected chi connectivity index (χ3v) is 7.20. The average molecular weight is 663 g/mol. The molecule has 4 atom stereocenters. The highest BCUT2D eigenvalue weighted by Gasteiger charge is 2.40. The van der Waals surface area contributed by atoms with Gasteiger partial charge in [0.2, 0.25) is 17.7 Å². The molecule has 11 heteroatoms. The first-order valence-corrected chi connectivity index (χ1v) is 16.1. The van der Waals surface area contributed by atoms with Gasteiger partial charge in [-0.3, -0.25) is 14.4 Å². The normalized spacial score (nSPS) is 13.9. The molecule has 2 rings (SSSR count). The molecule has 2 aromatic carbocycles. The van der Waals surface area contributed by atoms with Crippen LogP contribution in [0.25, 0.3) is 0 Å². The highest BCUT2D eigenvalue weighted by atomic mass is 16.6. The van der Waals surface area contributed by atoms with E-state index in [1.54, 1.807) is 72.7 Å². The molecule has 2 aromatic rings. The van der Waals surface area contributed by atoms with E-state index in [0.29, 0.717) is 17.5 Å². The van der Waals surface area contributed by atoms with Crippen molar-refractivity contribution in [3.8, 4) is 12.3 Å². The number of primary amides is 1. The minimum atomic E-state index is -1.28. The van der Waals surface area contributed by atoms with Gasteiger partial charge in [-0.2, -0.15) is 0 Å².